The van der Waals surface area contributed by atoms with Crippen molar-refractivity contribution in [2.24, 2.45) is 5.92 Å². The first-order chi connectivity index (χ1) is 8.21. The predicted molar refractivity (Wildman–Crippen MR) is 71.8 cm³/mol. The Hall–Kier alpha value is -1.44. The zero-order chi connectivity index (χ0) is 12.7. The van der Waals surface area contributed by atoms with Gasteiger partial charge in [0.25, 0.3) is 0 Å². The van der Waals surface area contributed by atoms with Gasteiger partial charge in [-0.25, -0.2) is 0 Å². The molecule has 0 saturated carbocycles. The van der Waals surface area contributed by atoms with Crippen molar-refractivity contribution in [2.45, 2.75) is 27.2 Å². The van der Waals surface area contributed by atoms with E-state index in [0.717, 1.165) is 17.9 Å². The highest BCUT2D eigenvalue weighted by Gasteiger charge is 2.07. The van der Waals surface area contributed by atoms with Crippen LogP contribution in [0.3, 0.4) is 0 Å². The molecule has 1 rings (SSSR count). The molecule has 0 aliphatic rings. The van der Waals surface area contributed by atoms with Crippen molar-refractivity contribution in [3.05, 3.63) is 36.4 Å². The van der Waals surface area contributed by atoms with Gasteiger partial charge in [-0.1, -0.05) is 19.1 Å². The number of hydrogen-bond donors (Lipinski definition) is 0. The molecule has 94 valence electrons. The highest BCUT2D eigenvalue weighted by molar-refractivity contribution is 5.43. The molecule has 0 saturated heterocycles. The third-order valence-electron chi connectivity index (χ3n) is 2.57. The van der Waals surface area contributed by atoms with Gasteiger partial charge in [-0.3, -0.25) is 0 Å². The summed E-state index contributed by atoms with van der Waals surface area (Å²) in [5.74, 6) is 2.13. The second-order valence-corrected chi connectivity index (χ2v) is 4.06. The summed E-state index contributed by atoms with van der Waals surface area (Å²) in [6, 6.07) is 6.14. The van der Waals surface area contributed by atoms with E-state index in [0.29, 0.717) is 19.1 Å². The monoisotopic (exact) mass is 234 g/mol. The minimum absolute atomic E-state index is 0.474. The summed E-state index contributed by atoms with van der Waals surface area (Å²) in [6.45, 7) is 11.2. The molecule has 0 N–H and O–H groups in total. The zero-order valence-corrected chi connectivity index (χ0v) is 11.0. The van der Waals surface area contributed by atoms with Crippen molar-refractivity contribution >= 4 is 0 Å². The standard InChI is InChI=1S/C15H22O2/c1-5-12(4)10-13-8-9-14(16-6-2)15(11-13)17-7-3/h5,8-9,11-12H,1,6-7,10H2,2-4H3. The predicted octanol–water partition coefficient (Wildman–Crippen LogP) is 3.85. The van der Waals surface area contributed by atoms with Gasteiger partial charge in [-0.2, -0.15) is 0 Å². The van der Waals surface area contributed by atoms with E-state index in [-0.39, 0.29) is 0 Å². The van der Waals surface area contributed by atoms with Crippen LogP contribution in [0.25, 0.3) is 0 Å². The van der Waals surface area contributed by atoms with Gasteiger partial charge in [0, 0.05) is 0 Å². The van der Waals surface area contributed by atoms with Crippen molar-refractivity contribution in [3.8, 4) is 11.5 Å². The van der Waals surface area contributed by atoms with Crippen molar-refractivity contribution in [1.82, 2.24) is 0 Å². The fraction of sp³-hybridized carbons (Fsp3) is 0.467. The molecule has 1 aromatic carbocycles. The lowest BCUT2D eigenvalue weighted by Gasteiger charge is -2.13. The molecule has 1 aromatic rings. The third-order valence-corrected chi connectivity index (χ3v) is 2.57. The van der Waals surface area contributed by atoms with Crippen molar-refractivity contribution in [1.29, 1.82) is 0 Å². The first-order valence-corrected chi connectivity index (χ1v) is 6.22. The van der Waals surface area contributed by atoms with Crippen molar-refractivity contribution in [2.75, 3.05) is 13.2 Å². The highest BCUT2D eigenvalue weighted by atomic mass is 16.5. The summed E-state index contributed by atoms with van der Waals surface area (Å²) in [4.78, 5) is 0. The van der Waals surface area contributed by atoms with Gasteiger partial charge < -0.3 is 9.47 Å². The Kier molecular flexibility index (Phi) is 5.61. The Labute approximate surface area is 104 Å². The fourth-order valence-electron chi connectivity index (χ4n) is 1.68. The molecule has 0 heterocycles. The maximum atomic E-state index is 5.59. The van der Waals surface area contributed by atoms with E-state index in [1.54, 1.807) is 0 Å². The van der Waals surface area contributed by atoms with Crippen molar-refractivity contribution in [3.63, 3.8) is 0 Å². The van der Waals surface area contributed by atoms with E-state index in [9.17, 15) is 0 Å². The van der Waals surface area contributed by atoms with Crippen LogP contribution in [-0.4, -0.2) is 13.2 Å². The molecule has 17 heavy (non-hydrogen) atoms. The minimum atomic E-state index is 0.474. The highest BCUT2D eigenvalue weighted by Crippen LogP contribution is 2.29. The summed E-state index contributed by atoms with van der Waals surface area (Å²) < 4.78 is 11.1. The van der Waals surface area contributed by atoms with E-state index < -0.39 is 0 Å². The van der Waals surface area contributed by atoms with Crippen LogP contribution in [0, 0.1) is 5.92 Å². The lowest BCUT2D eigenvalue weighted by Crippen LogP contribution is -2.01. The van der Waals surface area contributed by atoms with Gasteiger partial charge in [-0.15, -0.1) is 6.58 Å². The maximum Gasteiger partial charge on any atom is 0.161 e. The fourth-order valence-corrected chi connectivity index (χ4v) is 1.68. The molecular formula is C15H22O2. The van der Waals surface area contributed by atoms with E-state index in [1.807, 2.05) is 26.0 Å². The van der Waals surface area contributed by atoms with E-state index in [4.69, 9.17) is 9.47 Å². The number of benzene rings is 1. The summed E-state index contributed by atoms with van der Waals surface area (Å²) in [5.41, 5.74) is 1.25. The summed E-state index contributed by atoms with van der Waals surface area (Å²) in [5, 5.41) is 0. The second kappa shape index (κ2) is 7.00. The molecule has 0 amide bonds. The SMILES string of the molecule is C=CC(C)Cc1ccc(OCC)c(OCC)c1. The van der Waals surface area contributed by atoms with Gasteiger partial charge in [0.2, 0.25) is 0 Å². The van der Waals surface area contributed by atoms with E-state index >= 15 is 0 Å². The van der Waals surface area contributed by atoms with Crippen LogP contribution in [0.5, 0.6) is 11.5 Å². The van der Waals surface area contributed by atoms with E-state index in [2.05, 4.69) is 25.6 Å². The van der Waals surface area contributed by atoms with Gasteiger partial charge in [-0.05, 0) is 43.9 Å². The van der Waals surface area contributed by atoms with Crippen LogP contribution in [0.2, 0.25) is 0 Å². The Morgan fingerprint density at radius 3 is 2.41 bits per heavy atom. The molecule has 0 fully saturated rings. The Morgan fingerprint density at radius 1 is 1.18 bits per heavy atom. The number of hydrogen-bond acceptors (Lipinski definition) is 2. The van der Waals surface area contributed by atoms with Gasteiger partial charge in [0.15, 0.2) is 11.5 Å². The summed E-state index contributed by atoms with van der Waals surface area (Å²) in [7, 11) is 0. The topological polar surface area (TPSA) is 18.5 Å². The normalized spacial score (nSPS) is 11.9. The van der Waals surface area contributed by atoms with Gasteiger partial charge >= 0.3 is 0 Å². The molecule has 0 radical (unpaired) electrons. The van der Waals surface area contributed by atoms with Crippen LogP contribution in [0.4, 0.5) is 0 Å². The van der Waals surface area contributed by atoms with Crippen LogP contribution in [0.1, 0.15) is 26.3 Å². The molecule has 1 atom stereocenters. The lowest BCUT2D eigenvalue weighted by atomic mass is 10.0. The molecule has 1 unspecified atom stereocenters. The molecule has 0 aliphatic heterocycles. The minimum Gasteiger partial charge on any atom is -0.490 e. The molecule has 2 heteroatoms. The van der Waals surface area contributed by atoms with Crippen molar-refractivity contribution < 1.29 is 9.47 Å². The first kappa shape index (κ1) is 13.6. The molecule has 0 spiro atoms. The van der Waals surface area contributed by atoms with Gasteiger partial charge in [0.1, 0.15) is 0 Å². The largest absolute Gasteiger partial charge is 0.490 e. The Morgan fingerprint density at radius 2 is 1.82 bits per heavy atom. The van der Waals surface area contributed by atoms with Crippen LogP contribution in [-0.2, 0) is 6.42 Å². The number of ether oxygens (including phenoxy) is 2. The summed E-state index contributed by atoms with van der Waals surface area (Å²) >= 11 is 0. The van der Waals surface area contributed by atoms with Crippen LogP contribution >= 0.6 is 0 Å². The van der Waals surface area contributed by atoms with Crippen LogP contribution in [0.15, 0.2) is 30.9 Å². The number of allylic oxidation sites excluding steroid dienone is 1. The first-order valence-electron chi connectivity index (χ1n) is 6.22. The molecule has 2 nitrogen and oxygen atoms in total. The molecular weight excluding hydrogens is 212 g/mol. The second-order valence-electron chi connectivity index (χ2n) is 4.06. The molecule has 0 aliphatic carbocycles. The third kappa shape index (κ3) is 4.14. The maximum absolute atomic E-state index is 5.59. The quantitative estimate of drug-likeness (QED) is 0.667. The van der Waals surface area contributed by atoms with E-state index in [1.165, 1.54) is 5.56 Å². The lowest BCUT2D eigenvalue weighted by molar-refractivity contribution is 0.287. The zero-order valence-electron chi connectivity index (χ0n) is 11.0. The number of rotatable bonds is 7. The van der Waals surface area contributed by atoms with Crippen LogP contribution < -0.4 is 9.47 Å². The smallest absolute Gasteiger partial charge is 0.161 e. The Balaban J connectivity index is 2.87. The summed E-state index contributed by atoms with van der Waals surface area (Å²) in [6.07, 6.45) is 2.95. The molecule has 0 aromatic heterocycles. The van der Waals surface area contributed by atoms with Gasteiger partial charge in [0.05, 0.1) is 13.2 Å². The average molecular weight is 234 g/mol. The Bertz CT molecular complexity index is 358. The average Bonchev–Trinajstić information content (AvgIpc) is 2.33. The molecule has 0 bridgehead atoms.